The average Bonchev–Trinajstić information content (AvgIpc) is 3.28. The number of aromatic nitrogens is 1. The molecule has 0 spiro atoms. The summed E-state index contributed by atoms with van der Waals surface area (Å²) in [5.41, 5.74) is 8.00. The van der Waals surface area contributed by atoms with Gasteiger partial charge in [-0.3, -0.25) is 9.78 Å². The van der Waals surface area contributed by atoms with Crippen LogP contribution in [0.1, 0.15) is 24.8 Å². The minimum absolute atomic E-state index is 0. The van der Waals surface area contributed by atoms with E-state index in [2.05, 4.69) is 10.3 Å². The fourth-order valence-corrected chi connectivity index (χ4v) is 4.46. The van der Waals surface area contributed by atoms with Crippen LogP contribution in [-0.2, 0) is 11.4 Å². The van der Waals surface area contributed by atoms with Crippen molar-refractivity contribution in [3.05, 3.63) is 48.3 Å². The van der Waals surface area contributed by atoms with Gasteiger partial charge in [0.15, 0.2) is 11.5 Å². The van der Waals surface area contributed by atoms with Gasteiger partial charge in [-0.05, 0) is 60.9 Å². The van der Waals surface area contributed by atoms with Gasteiger partial charge in [-0.15, -0.1) is 24.8 Å². The Morgan fingerprint density at radius 3 is 2.52 bits per heavy atom. The number of ether oxygens (including phenoxy) is 2. The van der Waals surface area contributed by atoms with Crippen molar-refractivity contribution < 1.29 is 14.3 Å². The highest BCUT2D eigenvalue weighted by Crippen LogP contribution is 2.48. The predicted octanol–water partition coefficient (Wildman–Crippen LogP) is 3.82. The molecule has 4 atom stereocenters. The first-order chi connectivity index (χ1) is 13.2. The summed E-state index contributed by atoms with van der Waals surface area (Å²) in [6.07, 6.45) is 6.81. The third kappa shape index (κ3) is 4.94. The zero-order chi connectivity index (χ0) is 18.8. The fourth-order valence-electron chi connectivity index (χ4n) is 4.46. The molecule has 158 valence electrons. The van der Waals surface area contributed by atoms with Crippen LogP contribution in [0.5, 0.6) is 11.5 Å². The number of carbonyl (C=O) groups is 1. The first-order valence-corrected chi connectivity index (χ1v) is 9.42. The number of methoxy groups -OCH3 is 1. The summed E-state index contributed by atoms with van der Waals surface area (Å²) in [5, 5.41) is 3.02. The van der Waals surface area contributed by atoms with Crippen molar-refractivity contribution in [2.45, 2.75) is 31.9 Å². The number of carbonyl (C=O) groups excluding carboxylic acids is 1. The lowest BCUT2D eigenvalue weighted by Gasteiger charge is -2.27. The van der Waals surface area contributed by atoms with Crippen molar-refractivity contribution in [3.8, 4) is 11.5 Å². The highest BCUT2D eigenvalue weighted by molar-refractivity contribution is 5.94. The van der Waals surface area contributed by atoms with Crippen molar-refractivity contribution in [2.24, 2.45) is 23.5 Å². The fraction of sp³-hybridized carbons (Fsp3) is 0.429. The SMILES string of the molecule is COc1ccc(NC(=O)C2C3CCC(C3)C2N)cc1OCc1ccncc1.Cl.Cl. The standard InChI is InChI=1S/C21H25N3O3.2ClH/c1-26-17-5-4-16(11-18(17)27-12-13-6-8-23-9-7-13)24-21(25)19-14-2-3-15(10-14)20(19)22;;/h4-9,11,14-15,19-20H,2-3,10,12,22H2,1H3,(H,24,25);2*1H. The number of fused-ring (bicyclic) bond motifs is 2. The van der Waals surface area contributed by atoms with Crippen molar-refractivity contribution >= 4 is 36.4 Å². The number of pyridine rings is 1. The number of rotatable bonds is 6. The second-order valence-electron chi connectivity index (χ2n) is 7.44. The summed E-state index contributed by atoms with van der Waals surface area (Å²) in [6, 6.07) is 9.21. The van der Waals surface area contributed by atoms with Gasteiger partial charge in [0.1, 0.15) is 6.61 Å². The summed E-state index contributed by atoms with van der Waals surface area (Å²) < 4.78 is 11.3. The third-order valence-corrected chi connectivity index (χ3v) is 5.86. The Balaban J connectivity index is 0.00000150. The smallest absolute Gasteiger partial charge is 0.229 e. The number of hydrogen-bond acceptors (Lipinski definition) is 5. The molecule has 3 N–H and O–H groups in total. The molecule has 2 saturated carbocycles. The summed E-state index contributed by atoms with van der Waals surface area (Å²) in [4.78, 5) is 16.8. The van der Waals surface area contributed by atoms with E-state index in [9.17, 15) is 4.79 Å². The van der Waals surface area contributed by atoms with E-state index in [-0.39, 0.29) is 42.7 Å². The maximum absolute atomic E-state index is 12.8. The summed E-state index contributed by atoms with van der Waals surface area (Å²) in [6.45, 7) is 0.396. The van der Waals surface area contributed by atoms with E-state index in [4.69, 9.17) is 15.2 Å². The van der Waals surface area contributed by atoms with E-state index in [0.717, 1.165) is 24.8 Å². The second kappa shape index (κ2) is 10.1. The Kier molecular flexibility index (Phi) is 8.14. The third-order valence-electron chi connectivity index (χ3n) is 5.86. The Morgan fingerprint density at radius 2 is 1.86 bits per heavy atom. The molecule has 4 rings (SSSR count). The molecule has 0 saturated heterocycles. The van der Waals surface area contributed by atoms with Gasteiger partial charge >= 0.3 is 0 Å². The molecule has 8 heteroatoms. The number of halogens is 2. The molecular weight excluding hydrogens is 413 g/mol. The molecule has 6 nitrogen and oxygen atoms in total. The van der Waals surface area contributed by atoms with Crippen LogP contribution in [0.15, 0.2) is 42.7 Å². The Hall–Kier alpha value is -2.02. The lowest BCUT2D eigenvalue weighted by Crippen LogP contribution is -2.42. The van der Waals surface area contributed by atoms with E-state index >= 15 is 0 Å². The molecule has 2 aromatic rings. The highest BCUT2D eigenvalue weighted by atomic mass is 35.5. The van der Waals surface area contributed by atoms with Gasteiger partial charge in [0.05, 0.1) is 13.0 Å². The minimum atomic E-state index is -0.0907. The molecule has 1 aromatic carbocycles. The maximum Gasteiger partial charge on any atom is 0.229 e. The summed E-state index contributed by atoms with van der Waals surface area (Å²) in [5.74, 6) is 2.06. The van der Waals surface area contributed by atoms with E-state index in [1.807, 2.05) is 18.2 Å². The Morgan fingerprint density at radius 1 is 1.14 bits per heavy atom. The quantitative estimate of drug-likeness (QED) is 0.713. The maximum atomic E-state index is 12.8. The second-order valence-corrected chi connectivity index (χ2v) is 7.44. The minimum Gasteiger partial charge on any atom is -0.493 e. The van der Waals surface area contributed by atoms with Gasteiger partial charge in [0.2, 0.25) is 5.91 Å². The summed E-state index contributed by atoms with van der Waals surface area (Å²) >= 11 is 0. The largest absolute Gasteiger partial charge is 0.493 e. The van der Waals surface area contributed by atoms with E-state index in [1.165, 1.54) is 0 Å². The van der Waals surface area contributed by atoms with Crippen LogP contribution in [0.4, 0.5) is 5.69 Å². The first kappa shape index (κ1) is 23.3. The first-order valence-electron chi connectivity index (χ1n) is 9.42. The van der Waals surface area contributed by atoms with Crippen LogP contribution in [0, 0.1) is 17.8 Å². The van der Waals surface area contributed by atoms with Crippen LogP contribution in [-0.4, -0.2) is 24.0 Å². The molecule has 29 heavy (non-hydrogen) atoms. The number of nitrogens with two attached hydrogens (primary N) is 1. The van der Waals surface area contributed by atoms with Gasteiger partial charge in [0, 0.05) is 30.2 Å². The molecular formula is C21H27Cl2N3O3. The number of nitrogens with zero attached hydrogens (tertiary/aromatic N) is 1. The van der Waals surface area contributed by atoms with Crippen molar-refractivity contribution in [2.75, 3.05) is 12.4 Å². The van der Waals surface area contributed by atoms with Gasteiger partial charge < -0.3 is 20.5 Å². The van der Waals surface area contributed by atoms with Crippen LogP contribution in [0.3, 0.4) is 0 Å². The normalized spacial score (nSPS) is 24.2. The predicted molar refractivity (Wildman–Crippen MR) is 117 cm³/mol. The van der Waals surface area contributed by atoms with E-state index < -0.39 is 0 Å². The summed E-state index contributed by atoms with van der Waals surface area (Å²) in [7, 11) is 1.60. The zero-order valence-electron chi connectivity index (χ0n) is 16.2. The van der Waals surface area contributed by atoms with Crippen LogP contribution in [0.25, 0.3) is 0 Å². The zero-order valence-corrected chi connectivity index (χ0v) is 17.9. The lowest BCUT2D eigenvalue weighted by atomic mass is 9.84. The van der Waals surface area contributed by atoms with Crippen LogP contribution >= 0.6 is 24.8 Å². The van der Waals surface area contributed by atoms with Gasteiger partial charge in [-0.1, -0.05) is 0 Å². The molecule has 4 unspecified atom stereocenters. The molecule has 0 radical (unpaired) electrons. The molecule has 2 fully saturated rings. The van der Waals surface area contributed by atoms with Gasteiger partial charge in [-0.2, -0.15) is 0 Å². The van der Waals surface area contributed by atoms with Crippen molar-refractivity contribution in [1.29, 1.82) is 0 Å². The topological polar surface area (TPSA) is 86.5 Å². The molecule has 2 aliphatic rings. The van der Waals surface area contributed by atoms with Crippen LogP contribution in [0.2, 0.25) is 0 Å². The number of nitrogens with one attached hydrogen (secondary N) is 1. The molecule has 1 aromatic heterocycles. The van der Waals surface area contributed by atoms with Crippen LogP contribution < -0.4 is 20.5 Å². The Labute approximate surface area is 183 Å². The van der Waals surface area contributed by atoms with Crippen molar-refractivity contribution in [1.82, 2.24) is 4.98 Å². The molecule has 2 bridgehead atoms. The van der Waals surface area contributed by atoms with Gasteiger partial charge in [0.25, 0.3) is 0 Å². The molecule has 1 amide bonds. The van der Waals surface area contributed by atoms with Gasteiger partial charge in [-0.25, -0.2) is 0 Å². The number of anilines is 1. The highest BCUT2D eigenvalue weighted by Gasteiger charge is 2.49. The lowest BCUT2D eigenvalue weighted by molar-refractivity contribution is -0.121. The molecule has 0 aliphatic heterocycles. The number of hydrogen-bond donors (Lipinski definition) is 2. The van der Waals surface area contributed by atoms with E-state index in [0.29, 0.717) is 35.6 Å². The molecule has 2 aliphatic carbocycles. The monoisotopic (exact) mass is 439 g/mol. The van der Waals surface area contributed by atoms with E-state index in [1.54, 1.807) is 31.6 Å². The Bertz CT molecular complexity index is 820. The molecule has 1 heterocycles. The number of amides is 1. The van der Waals surface area contributed by atoms with Crippen molar-refractivity contribution in [3.63, 3.8) is 0 Å². The number of benzene rings is 1. The average molecular weight is 440 g/mol.